The first-order valence-corrected chi connectivity index (χ1v) is 10.8. The third-order valence-corrected chi connectivity index (χ3v) is 7.07. The van der Waals surface area contributed by atoms with Crippen LogP contribution in [0.2, 0.25) is 0 Å². The quantitative estimate of drug-likeness (QED) is 0.444. The molecule has 1 aliphatic heterocycles. The van der Waals surface area contributed by atoms with Gasteiger partial charge in [-0.2, -0.15) is 0 Å². The fraction of sp³-hybridized carbons (Fsp3) is 0.182. The van der Waals surface area contributed by atoms with Gasteiger partial charge in [0.1, 0.15) is 5.75 Å². The largest absolute Gasteiger partial charge is 0.492 e. The maximum absolute atomic E-state index is 13.3. The highest BCUT2D eigenvalue weighted by atomic mass is 32.2. The van der Waals surface area contributed by atoms with Gasteiger partial charge in [-0.15, -0.1) is 0 Å². The fourth-order valence-corrected chi connectivity index (χ4v) is 5.69. The molecule has 0 fully saturated rings. The fourth-order valence-electron chi connectivity index (χ4n) is 3.13. The molecule has 2 nitrogen and oxygen atoms in total. The van der Waals surface area contributed by atoms with Crippen LogP contribution in [0.5, 0.6) is 5.75 Å². The van der Waals surface area contributed by atoms with Crippen LogP contribution in [0.1, 0.15) is 24.5 Å². The summed E-state index contributed by atoms with van der Waals surface area (Å²) in [5.74, 6) is 0.757. The zero-order valence-corrected chi connectivity index (χ0v) is 16.2. The van der Waals surface area contributed by atoms with Crippen LogP contribution in [0.25, 0.3) is 0 Å². The van der Waals surface area contributed by atoms with E-state index >= 15 is 0 Å². The summed E-state index contributed by atoms with van der Waals surface area (Å²) in [5, 5.41) is 0. The topological polar surface area (TPSA) is 26.3 Å². The van der Waals surface area contributed by atoms with E-state index in [0.717, 1.165) is 44.4 Å². The molecular weight excluding hydrogens is 360 g/mol. The molecule has 1 aliphatic rings. The third-order valence-electron chi connectivity index (χ3n) is 4.34. The van der Waals surface area contributed by atoms with Crippen molar-refractivity contribution in [3.05, 3.63) is 77.9 Å². The second-order valence-corrected chi connectivity index (χ2v) is 8.69. The molecule has 0 N–H and O–H groups in total. The van der Waals surface area contributed by atoms with Gasteiger partial charge in [0, 0.05) is 21.1 Å². The molecule has 4 heteroatoms. The molecule has 1 atom stereocenters. The minimum atomic E-state index is -1.21. The Kier molecular flexibility index (Phi) is 5.14. The van der Waals surface area contributed by atoms with Crippen LogP contribution in [0.15, 0.2) is 86.3 Å². The van der Waals surface area contributed by atoms with Gasteiger partial charge in [-0.05, 0) is 47.9 Å². The molecule has 3 aromatic carbocycles. The van der Waals surface area contributed by atoms with Crippen molar-refractivity contribution < 1.29 is 8.95 Å². The van der Waals surface area contributed by atoms with Gasteiger partial charge < -0.3 is 4.74 Å². The number of ether oxygens (including phenoxy) is 1. The number of hydrogen-bond acceptors (Lipinski definition) is 3. The Morgan fingerprint density at radius 3 is 2.58 bits per heavy atom. The van der Waals surface area contributed by atoms with Gasteiger partial charge in [0.2, 0.25) is 0 Å². The lowest BCUT2D eigenvalue weighted by Gasteiger charge is -2.24. The van der Waals surface area contributed by atoms with Crippen LogP contribution in [-0.4, -0.2) is 10.8 Å². The summed E-state index contributed by atoms with van der Waals surface area (Å²) in [6.45, 7) is 2.72. The zero-order chi connectivity index (χ0) is 17.9. The van der Waals surface area contributed by atoms with Gasteiger partial charge in [-0.25, -0.2) is 4.21 Å². The van der Waals surface area contributed by atoms with E-state index in [1.54, 1.807) is 11.8 Å². The van der Waals surface area contributed by atoms with Crippen molar-refractivity contribution >= 4 is 22.6 Å². The van der Waals surface area contributed by atoms with Crippen LogP contribution >= 0.6 is 11.8 Å². The van der Waals surface area contributed by atoms with Crippen LogP contribution in [-0.2, 0) is 17.2 Å². The van der Waals surface area contributed by atoms with E-state index in [4.69, 9.17) is 4.74 Å². The molecule has 26 heavy (non-hydrogen) atoms. The summed E-state index contributed by atoms with van der Waals surface area (Å²) >= 11 is 1.72. The van der Waals surface area contributed by atoms with Crippen molar-refractivity contribution in [1.29, 1.82) is 0 Å². The standard InChI is InChI=1S/C22H20O2S2/c1-2-14-24-19-12-13-20(25-17-9-4-3-5-10-17)18-15-16-8-6-7-11-21(16)26(23)22(18)19/h3-13H,2,14-15H2,1H3. The molecule has 0 aromatic heterocycles. The van der Waals surface area contributed by atoms with Crippen LogP contribution in [0.4, 0.5) is 0 Å². The van der Waals surface area contributed by atoms with E-state index < -0.39 is 10.8 Å². The van der Waals surface area contributed by atoms with Gasteiger partial charge in [-0.1, -0.05) is 55.1 Å². The van der Waals surface area contributed by atoms with Crippen LogP contribution in [0, 0.1) is 0 Å². The Hall–Kier alpha value is -2.04. The summed E-state index contributed by atoms with van der Waals surface area (Å²) in [5.41, 5.74) is 2.27. The van der Waals surface area contributed by atoms with Gasteiger partial charge in [0.15, 0.2) is 0 Å². The van der Waals surface area contributed by atoms with Gasteiger partial charge >= 0.3 is 0 Å². The molecule has 0 saturated carbocycles. The van der Waals surface area contributed by atoms with Gasteiger partial charge in [-0.3, -0.25) is 0 Å². The third kappa shape index (κ3) is 3.31. The van der Waals surface area contributed by atoms with Crippen molar-refractivity contribution in [2.45, 2.75) is 39.3 Å². The first-order chi connectivity index (χ1) is 12.8. The molecule has 132 valence electrons. The maximum Gasteiger partial charge on any atom is 0.136 e. The van der Waals surface area contributed by atoms with Crippen molar-refractivity contribution in [2.75, 3.05) is 6.61 Å². The van der Waals surface area contributed by atoms with Crippen LogP contribution in [0.3, 0.4) is 0 Å². The smallest absolute Gasteiger partial charge is 0.136 e. The number of benzene rings is 3. The van der Waals surface area contributed by atoms with Gasteiger partial charge in [0.25, 0.3) is 0 Å². The zero-order valence-electron chi connectivity index (χ0n) is 14.6. The highest BCUT2D eigenvalue weighted by Gasteiger charge is 2.28. The van der Waals surface area contributed by atoms with E-state index in [-0.39, 0.29) is 0 Å². The Labute approximate surface area is 161 Å². The molecular formula is C22H20O2S2. The Balaban J connectivity index is 1.82. The molecule has 0 saturated heterocycles. The van der Waals surface area contributed by atoms with E-state index in [1.165, 1.54) is 4.90 Å². The van der Waals surface area contributed by atoms with E-state index in [9.17, 15) is 4.21 Å². The molecule has 4 rings (SSSR count). The van der Waals surface area contributed by atoms with E-state index in [2.05, 4.69) is 31.2 Å². The average Bonchev–Trinajstić information content (AvgIpc) is 2.68. The second kappa shape index (κ2) is 7.68. The monoisotopic (exact) mass is 380 g/mol. The lowest BCUT2D eigenvalue weighted by atomic mass is 10.0. The molecule has 0 spiro atoms. The minimum Gasteiger partial charge on any atom is -0.492 e. The number of rotatable bonds is 5. The normalized spacial score (nSPS) is 15.2. The van der Waals surface area contributed by atoms with Crippen molar-refractivity contribution in [3.63, 3.8) is 0 Å². The summed E-state index contributed by atoms with van der Waals surface area (Å²) in [6, 6.07) is 22.4. The van der Waals surface area contributed by atoms with Gasteiger partial charge in [0.05, 0.1) is 22.3 Å². The summed E-state index contributed by atoms with van der Waals surface area (Å²) in [7, 11) is -1.21. The summed E-state index contributed by atoms with van der Waals surface area (Å²) < 4.78 is 19.3. The first-order valence-electron chi connectivity index (χ1n) is 8.79. The van der Waals surface area contributed by atoms with E-state index in [0.29, 0.717) is 6.61 Å². The molecule has 0 radical (unpaired) electrons. The molecule has 0 aliphatic carbocycles. The molecule has 1 heterocycles. The summed E-state index contributed by atoms with van der Waals surface area (Å²) in [6.07, 6.45) is 1.72. The lowest BCUT2D eigenvalue weighted by Crippen LogP contribution is -2.12. The number of fused-ring (bicyclic) bond motifs is 2. The average molecular weight is 381 g/mol. The first kappa shape index (κ1) is 17.4. The Bertz CT molecular complexity index is 952. The van der Waals surface area contributed by atoms with Crippen molar-refractivity contribution in [2.24, 2.45) is 0 Å². The predicted octanol–water partition coefficient (Wildman–Crippen LogP) is 5.70. The highest BCUT2D eigenvalue weighted by molar-refractivity contribution is 7.99. The van der Waals surface area contributed by atoms with Crippen molar-refractivity contribution in [3.8, 4) is 5.75 Å². The molecule has 1 unspecified atom stereocenters. The SMILES string of the molecule is CCCOc1ccc(Sc2ccccc2)c2c1S(=O)c1ccccc1C2. The van der Waals surface area contributed by atoms with Crippen molar-refractivity contribution in [1.82, 2.24) is 0 Å². The predicted molar refractivity (Wildman–Crippen MR) is 107 cm³/mol. The Morgan fingerprint density at radius 2 is 1.77 bits per heavy atom. The highest BCUT2D eigenvalue weighted by Crippen LogP contribution is 2.43. The van der Waals surface area contributed by atoms with Crippen LogP contribution < -0.4 is 4.74 Å². The molecule has 0 bridgehead atoms. The maximum atomic E-state index is 13.3. The molecule has 0 amide bonds. The minimum absolute atomic E-state index is 0.635. The van der Waals surface area contributed by atoms with E-state index in [1.807, 2.05) is 42.5 Å². The summed E-state index contributed by atoms with van der Waals surface area (Å²) in [4.78, 5) is 4.08. The number of hydrogen-bond donors (Lipinski definition) is 0. The lowest BCUT2D eigenvalue weighted by molar-refractivity contribution is 0.308. The second-order valence-electron chi connectivity index (χ2n) is 6.19. The Morgan fingerprint density at radius 1 is 1.00 bits per heavy atom. The molecule has 3 aromatic rings.